The lowest BCUT2D eigenvalue weighted by molar-refractivity contribution is -0.150. The number of amides is 4. The number of hydrogen-bond acceptors (Lipinski definition) is 6. The number of aryl methyl sites for hydroxylation is 1. The topological polar surface area (TPSA) is 151 Å². The quantitative estimate of drug-likeness (QED) is 0.349. The second kappa shape index (κ2) is 13.2. The highest BCUT2D eigenvalue weighted by Gasteiger charge is 2.44. The van der Waals surface area contributed by atoms with Gasteiger partial charge in [0.15, 0.2) is 0 Å². The maximum atomic E-state index is 14.3. The Bertz CT molecular complexity index is 1040. The summed E-state index contributed by atoms with van der Waals surface area (Å²) in [5.74, 6) is -1.73. The second-order valence-electron chi connectivity index (χ2n) is 12.0. The lowest BCUT2D eigenvalue weighted by Crippen LogP contribution is -2.60. The van der Waals surface area contributed by atoms with Crippen molar-refractivity contribution >= 4 is 23.8 Å². The van der Waals surface area contributed by atoms with Crippen molar-refractivity contribution in [2.45, 2.75) is 123 Å². The molecular weight excluding hydrogens is 500 g/mol. The molecule has 5 N–H and O–H groups in total. The predicted octanol–water partition coefficient (Wildman–Crippen LogP) is 3.98. The molecule has 39 heavy (non-hydrogen) atoms. The van der Waals surface area contributed by atoms with Gasteiger partial charge in [-0.05, 0) is 84.1 Å². The number of primary amides is 1. The number of benzene rings is 1. The Morgan fingerprint density at radius 2 is 1.72 bits per heavy atom. The molecule has 2 unspecified atom stereocenters. The number of aromatic hydroxyl groups is 1. The fraction of sp³-hybridized carbons (Fsp3) is 0.655. The Hall–Kier alpha value is -3.30. The van der Waals surface area contributed by atoms with Crippen LogP contribution in [-0.2, 0) is 19.1 Å². The van der Waals surface area contributed by atoms with Crippen LogP contribution in [0.4, 0.5) is 4.79 Å². The third-order valence-electron chi connectivity index (χ3n) is 7.14. The van der Waals surface area contributed by atoms with Gasteiger partial charge in [-0.15, -0.1) is 0 Å². The maximum absolute atomic E-state index is 14.3. The van der Waals surface area contributed by atoms with E-state index in [1.54, 1.807) is 39.8 Å². The van der Waals surface area contributed by atoms with E-state index in [-0.39, 0.29) is 17.7 Å². The summed E-state index contributed by atoms with van der Waals surface area (Å²) in [4.78, 5) is 54.3. The monoisotopic (exact) mass is 546 g/mol. The van der Waals surface area contributed by atoms with Crippen LogP contribution in [0.3, 0.4) is 0 Å². The Labute approximate surface area is 232 Å². The van der Waals surface area contributed by atoms with Crippen LogP contribution in [0, 0.1) is 6.92 Å². The van der Waals surface area contributed by atoms with Gasteiger partial charge >= 0.3 is 6.09 Å². The minimum absolute atomic E-state index is 0.0186. The number of hydrogen-bond donors (Lipinski definition) is 4. The molecule has 1 aromatic carbocycles. The van der Waals surface area contributed by atoms with Crippen LogP contribution >= 0.6 is 0 Å². The van der Waals surface area contributed by atoms with Crippen molar-refractivity contribution < 1.29 is 29.0 Å². The van der Waals surface area contributed by atoms with Gasteiger partial charge in [0.2, 0.25) is 17.7 Å². The molecule has 0 aromatic heterocycles. The minimum atomic E-state index is -1.36. The van der Waals surface area contributed by atoms with E-state index >= 15 is 0 Å². The molecule has 10 heteroatoms. The van der Waals surface area contributed by atoms with Gasteiger partial charge in [-0.3, -0.25) is 14.4 Å². The number of nitrogens with two attached hydrogens (primary N) is 1. The number of ether oxygens (including phenoxy) is 1. The van der Waals surface area contributed by atoms with E-state index in [9.17, 15) is 24.3 Å². The molecule has 0 radical (unpaired) electrons. The highest BCUT2D eigenvalue weighted by Crippen LogP contribution is 2.34. The number of phenols is 1. The van der Waals surface area contributed by atoms with Gasteiger partial charge in [0, 0.05) is 11.6 Å². The van der Waals surface area contributed by atoms with Crippen LogP contribution in [0.2, 0.25) is 0 Å². The van der Waals surface area contributed by atoms with Gasteiger partial charge in [0.25, 0.3) is 0 Å². The smallest absolute Gasteiger partial charge is 0.408 e. The zero-order chi connectivity index (χ0) is 29.5. The van der Waals surface area contributed by atoms with E-state index in [2.05, 4.69) is 10.6 Å². The lowest BCUT2D eigenvalue weighted by atomic mass is 9.90. The van der Waals surface area contributed by atoms with Crippen LogP contribution < -0.4 is 16.4 Å². The summed E-state index contributed by atoms with van der Waals surface area (Å²) in [6.07, 6.45) is 3.96. The summed E-state index contributed by atoms with van der Waals surface area (Å²) >= 11 is 0. The molecule has 10 nitrogen and oxygen atoms in total. The molecule has 1 fully saturated rings. The Morgan fingerprint density at radius 1 is 1.10 bits per heavy atom. The highest BCUT2D eigenvalue weighted by molar-refractivity contribution is 5.95. The zero-order valence-corrected chi connectivity index (χ0v) is 24.4. The van der Waals surface area contributed by atoms with Crippen LogP contribution in [0.15, 0.2) is 18.2 Å². The fourth-order valence-electron chi connectivity index (χ4n) is 4.76. The third-order valence-corrected chi connectivity index (χ3v) is 7.14. The van der Waals surface area contributed by atoms with Gasteiger partial charge in [-0.1, -0.05) is 32.3 Å². The summed E-state index contributed by atoms with van der Waals surface area (Å²) < 4.78 is 5.33. The van der Waals surface area contributed by atoms with Crippen molar-refractivity contribution in [1.82, 2.24) is 15.5 Å². The molecular formula is C29H46N4O6. The van der Waals surface area contributed by atoms with Gasteiger partial charge in [0.1, 0.15) is 23.4 Å². The van der Waals surface area contributed by atoms with Gasteiger partial charge in [-0.25, -0.2) is 4.79 Å². The van der Waals surface area contributed by atoms with Crippen molar-refractivity contribution in [2.24, 2.45) is 5.73 Å². The SMILES string of the molecule is CCC(C)(C)N(C(=O)C(CC(N)=O)NC(=O)OC(C)(C)C)C(C(=O)NC1CCCCC1)c1ccc(O)c(C)c1. The molecule has 0 aliphatic heterocycles. The molecule has 1 saturated carbocycles. The highest BCUT2D eigenvalue weighted by atomic mass is 16.6. The van der Waals surface area contributed by atoms with E-state index in [4.69, 9.17) is 10.5 Å². The first kappa shape index (κ1) is 31.9. The summed E-state index contributed by atoms with van der Waals surface area (Å²) in [5.41, 5.74) is 4.82. The molecule has 1 aliphatic rings. The van der Waals surface area contributed by atoms with Crippen LogP contribution in [0.25, 0.3) is 0 Å². The number of carbonyl (C=O) groups excluding carboxylic acids is 4. The molecule has 1 aromatic rings. The van der Waals surface area contributed by atoms with Gasteiger partial charge < -0.3 is 31.1 Å². The van der Waals surface area contributed by atoms with Gasteiger partial charge in [0.05, 0.1) is 6.42 Å². The van der Waals surface area contributed by atoms with Crippen molar-refractivity contribution in [3.8, 4) is 5.75 Å². The summed E-state index contributed by atoms with van der Waals surface area (Å²) in [7, 11) is 0. The number of rotatable bonds is 10. The van der Waals surface area contributed by atoms with Crippen molar-refractivity contribution in [2.75, 3.05) is 0 Å². The van der Waals surface area contributed by atoms with E-state index in [1.807, 2.05) is 20.8 Å². The molecule has 0 saturated heterocycles. The summed E-state index contributed by atoms with van der Waals surface area (Å²) in [6.45, 7) is 12.3. The van der Waals surface area contributed by atoms with Crippen molar-refractivity contribution in [1.29, 1.82) is 0 Å². The van der Waals surface area contributed by atoms with Crippen molar-refractivity contribution in [3.63, 3.8) is 0 Å². The molecule has 0 heterocycles. The Morgan fingerprint density at radius 3 is 2.23 bits per heavy atom. The molecule has 2 atom stereocenters. The maximum Gasteiger partial charge on any atom is 0.408 e. The molecule has 1 aliphatic carbocycles. The van der Waals surface area contributed by atoms with Crippen LogP contribution in [-0.4, -0.2) is 57.0 Å². The summed E-state index contributed by atoms with van der Waals surface area (Å²) in [6, 6.07) is 2.32. The largest absolute Gasteiger partial charge is 0.508 e. The molecule has 2 rings (SSSR count). The normalized spacial score (nSPS) is 16.1. The lowest BCUT2D eigenvalue weighted by Gasteiger charge is -2.45. The van der Waals surface area contributed by atoms with E-state index in [0.29, 0.717) is 17.5 Å². The number of phenolic OH excluding ortho intramolecular Hbond substituents is 1. The number of carbonyl (C=O) groups is 4. The standard InChI is InChI=1S/C29H46N4O6/c1-8-29(6,7)33(26(37)21(17-23(30)35)32-27(38)39-28(3,4)5)24(19-14-15-22(34)18(2)16-19)25(36)31-20-12-10-9-11-13-20/h14-16,20-21,24,34H,8-13,17H2,1-7H3,(H2,30,35)(H,31,36)(H,32,38). The zero-order valence-electron chi connectivity index (χ0n) is 24.4. The molecule has 0 bridgehead atoms. The first-order chi connectivity index (χ1) is 18.1. The van der Waals surface area contributed by atoms with E-state index in [1.165, 1.54) is 11.0 Å². The Kier molecular flexibility index (Phi) is 10.8. The second-order valence-corrected chi connectivity index (χ2v) is 12.0. The van der Waals surface area contributed by atoms with E-state index < -0.39 is 47.6 Å². The Balaban J connectivity index is 2.60. The first-order valence-electron chi connectivity index (χ1n) is 13.8. The predicted molar refractivity (Wildman–Crippen MR) is 149 cm³/mol. The fourth-order valence-corrected chi connectivity index (χ4v) is 4.76. The average molecular weight is 547 g/mol. The van der Waals surface area contributed by atoms with Crippen molar-refractivity contribution in [3.05, 3.63) is 29.3 Å². The number of nitrogens with one attached hydrogen (secondary N) is 2. The summed E-state index contributed by atoms with van der Waals surface area (Å²) in [5, 5.41) is 15.8. The molecule has 218 valence electrons. The van der Waals surface area contributed by atoms with E-state index in [0.717, 1.165) is 32.1 Å². The van der Waals surface area contributed by atoms with Crippen LogP contribution in [0.5, 0.6) is 5.75 Å². The van der Waals surface area contributed by atoms with Crippen LogP contribution in [0.1, 0.15) is 104 Å². The number of nitrogens with zero attached hydrogens (tertiary/aromatic N) is 1. The number of alkyl carbamates (subject to hydrolysis) is 1. The van der Waals surface area contributed by atoms with Gasteiger partial charge in [-0.2, -0.15) is 0 Å². The molecule has 0 spiro atoms. The average Bonchev–Trinajstić information content (AvgIpc) is 2.82. The first-order valence-corrected chi connectivity index (χ1v) is 13.8. The minimum Gasteiger partial charge on any atom is -0.508 e. The molecule has 4 amide bonds. The third kappa shape index (κ3) is 9.14.